The fourth-order valence-electron chi connectivity index (χ4n) is 3.51. The number of carbonyl (C=O) groups excluding carboxylic acids is 1. The van der Waals surface area contributed by atoms with E-state index in [2.05, 4.69) is 12.1 Å². The molecule has 2 aliphatic rings. The standard InChI is InChI=1S/C18H26N2O3/c19-17-8-3-1-2-5-13-6-4-7-16(9-13)23-12-14-10-15(21)11-20(14)18(17)22/h4,6-7,9,14-15,17,21H,1-3,5,8,10-12,19H2/t14-,15-,17-/m0/s1. The molecule has 3 rings (SSSR count). The molecule has 5 heteroatoms. The van der Waals surface area contributed by atoms with Gasteiger partial charge in [0.2, 0.25) is 5.91 Å². The first-order valence-electron chi connectivity index (χ1n) is 8.59. The van der Waals surface area contributed by atoms with Gasteiger partial charge in [-0.05, 0) is 43.4 Å². The van der Waals surface area contributed by atoms with Crippen molar-refractivity contribution in [1.29, 1.82) is 0 Å². The van der Waals surface area contributed by atoms with Crippen LogP contribution < -0.4 is 10.5 Å². The molecule has 1 amide bonds. The van der Waals surface area contributed by atoms with Gasteiger partial charge in [-0.15, -0.1) is 0 Å². The van der Waals surface area contributed by atoms with E-state index in [1.54, 1.807) is 4.90 Å². The quantitative estimate of drug-likeness (QED) is 0.759. The van der Waals surface area contributed by atoms with Crippen LogP contribution in [0.25, 0.3) is 0 Å². The molecule has 2 bridgehead atoms. The Hall–Kier alpha value is -1.59. The molecule has 1 fully saturated rings. The molecule has 0 aromatic heterocycles. The van der Waals surface area contributed by atoms with Crippen molar-refractivity contribution in [2.45, 2.75) is 56.7 Å². The van der Waals surface area contributed by atoms with E-state index in [-0.39, 0.29) is 11.9 Å². The lowest BCUT2D eigenvalue weighted by Crippen LogP contribution is -2.47. The third kappa shape index (κ3) is 4.03. The molecule has 126 valence electrons. The number of benzene rings is 1. The van der Waals surface area contributed by atoms with Gasteiger partial charge in [-0.3, -0.25) is 4.79 Å². The molecule has 3 atom stereocenters. The second-order valence-corrected chi connectivity index (χ2v) is 6.70. The Balaban J connectivity index is 1.77. The summed E-state index contributed by atoms with van der Waals surface area (Å²) >= 11 is 0. The zero-order chi connectivity index (χ0) is 16.2. The highest BCUT2D eigenvalue weighted by molar-refractivity contribution is 5.82. The maximum Gasteiger partial charge on any atom is 0.239 e. The molecule has 0 spiro atoms. The molecule has 2 heterocycles. The van der Waals surface area contributed by atoms with Gasteiger partial charge in [-0.2, -0.15) is 0 Å². The van der Waals surface area contributed by atoms with Gasteiger partial charge in [0, 0.05) is 6.54 Å². The van der Waals surface area contributed by atoms with Crippen LogP contribution in [-0.4, -0.2) is 47.3 Å². The van der Waals surface area contributed by atoms with Crippen molar-refractivity contribution in [3.63, 3.8) is 0 Å². The minimum absolute atomic E-state index is 0.0547. The van der Waals surface area contributed by atoms with Crippen LogP contribution >= 0.6 is 0 Å². The van der Waals surface area contributed by atoms with E-state index in [1.807, 2.05) is 12.1 Å². The summed E-state index contributed by atoms with van der Waals surface area (Å²) in [5, 5.41) is 9.94. The molecule has 3 N–H and O–H groups in total. The Labute approximate surface area is 137 Å². The summed E-state index contributed by atoms with van der Waals surface area (Å²) in [5.41, 5.74) is 7.35. The summed E-state index contributed by atoms with van der Waals surface area (Å²) in [5.74, 6) is 0.776. The van der Waals surface area contributed by atoms with Crippen LogP contribution in [0.4, 0.5) is 0 Å². The molecular formula is C18H26N2O3. The lowest BCUT2D eigenvalue weighted by Gasteiger charge is -2.27. The average molecular weight is 318 g/mol. The number of rotatable bonds is 0. The van der Waals surface area contributed by atoms with Gasteiger partial charge < -0.3 is 20.5 Å². The van der Waals surface area contributed by atoms with Crippen LogP contribution in [0.15, 0.2) is 24.3 Å². The molecule has 0 unspecified atom stereocenters. The van der Waals surface area contributed by atoms with Gasteiger partial charge in [-0.25, -0.2) is 0 Å². The summed E-state index contributed by atoms with van der Waals surface area (Å²) in [6.45, 7) is 0.763. The fourth-order valence-corrected chi connectivity index (χ4v) is 3.51. The van der Waals surface area contributed by atoms with Crippen molar-refractivity contribution in [2.24, 2.45) is 5.73 Å². The number of hydrogen-bond acceptors (Lipinski definition) is 4. The van der Waals surface area contributed by atoms with Crippen molar-refractivity contribution in [3.05, 3.63) is 29.8 Å². The zero-order valence-electron chi connectivity index (χ0n) is 13.5. The van der Waals surface area contributed by atoms with Crippen LogP contribution in [0, 0.1) is 0 Å². The monoisotopic (exact) mass is 318 g/mol. The number of aliphatic hydroxyl groups excluding tert-OH is 1. The number of hydrogen-bond donors (Lipinski definition) is 2. The van der Waals surface area contributed by atoms with Crippen molar-refractivity contribution in [3.8, 4) is 5.75 Å². The predicted molar refractivity (Wildman–Crippen MR) is 88.2 cm³/mol. The first kappa shape index (κ1) is 16.3. The highest BCUT2D eigenvalue weighted by Crippen LogP contribution is 2.23. The SMILES string of the molecule is N[C@H]1CCCCCc2cccc(c2)OC[C@@H]2C[C@H](O)CN2C1=O. The summed E-state index contributed by atoms with van der Waals surface area (Å²) in [4.78, 5) is 14.3. The molecule has 0 aliphatic carbocycles. The Morgan fingerprint density at radius 1 is 1.26 bits per heavy atom. The number of aliphatic hydroxyl groups is 1. The Morgan fingerprint density at radius 3 is 3.00 bits per heavy atom. The van der Waals surface area contributed by atoms with Gasteiger partial charge in [0.1, 0.15) is 12.4 Å². The zero-order valence-corrected chi connectivity index (χ0v) is 13.5. The van der Waals surface area contributed by atoms with E-state index < -0.39 is 12.1 Å². The van der Waals surface area contributed by atoms with Crippen LogP contribution in [-0.2, 0) is 11.2 Å². The Bertz CT molecular complexity index is 549. The number of carbonyl (C=O) groups is 1. The predicted octanol–water partition coefficient (Wildman–Crippen LogP) is 1.47. The first-order chi connectivity index (χ1) is 11.1. The van der Waals surface area contributed by atoms with Crippen LogP contribution in [0.2, 0.25) is 0 Å². The lowest BCUT2D eigenvalue weighted by atomic mass is 10.0. The van der Waals surface area contributed by atoms with Crippen molar-refractivity contribution >= 4 is 5.91 Å². The summed E-state index contributed by atoms with van der Waals surface area (Å²) in [7, 11) is 0. The Kier molecular flexibility index (Phi) is 5.18. The van der Waals surface area contributed by atoms with Crippen LogP contribution in [0.3, 0.4) is 0 Å². The Morgan fingerprint density at radius 2 is 2.13 bits per heavy atom. The number of nitrogens with two attached hydrogens (primary N) is 1. The number of fused-ring (bicyclic) bond motifs is 3. The third-order valence-corrected chi connectivity index (χ3v) is 4.81. The minimum atomic E-state index is -0.484. The van der Waals surface area contributed by atoms with E-state index in [0.717, 1.165) is 31.4 Å². The summed E-state index contributed by atoms with van der Waals surface area (Å²) in [6.07, 6.45) is 4.92. The number of aryl methyl sites for hydroxylation is 1. The molecule has 0 saturated carbocycles. The normalized spacial score (nSPS) is 29.6. The van der Waals surface area contributed by atoms with E-state index in [1.165, 1.54) is 5.56 Å². The topological polar surface area (TPSA) is 75.8 Å². The second kappa shape index (κ2) is 7.32. The van der Waals surface area contributed by atoms with Crippen molar-refractivity contribution < 1.29 is 14.6 Å². The van der Waals surface area contributed by atoms with Gasteiger partial charge in [-0.1, -0.05) is 25.0 Å². The second-order valence-electron chi connectivity index (χ2n) is 6.70. The fraction of sp³-hybridized carbons (Fsp3) is 0.611. The molecule has 23 heavy (non-hydrogen) atoms. The maximum absolute atomic E-state index is 12.6. The number of nitrogens with zero attached hydrogens (tertiary/aromatic N) is 1. The molecule has 0 radical (unpaired) electrons. The highest BCUT2D eigenvalue weighted by atomic mass is 16.5. The van der Waals surface area contributed by atoms with Crippen LogP contribution in [0.1, 0.15) is 37.7 Å². The maximum atomic E-state index is 12.6. The highest BCUT2D eigenvalue weighted by Gasteiger charge is 2.36. The number of ether oxygens (including phenoxy) is 1. The third-order valence-electron chi connectivity index (χ3n) is 4.81. The smallest absolute Gasteiger partial charge is 0.239 e. The molecular weight excluding hydrogens is 292 g/mol. The molecule has 5 nitrogen and oxygen atoms in total. The van der Waals surface area contributed by atoms with Gasteiger partial charge in [0.05, 0.1) is 18.2 Å². The molecule has 1 aromatic carbocycles. The van der Waals surface area contributed by atoms with E-state index >= 15 is 0 Å². The lowest BCUT2D eigenvalue weighted by molar-refractivity contribution is -0.134. The summed E-state index contributed by atoms with van der Waals surface area (Å²) < 4.78 is 5.89. The van der Waals surface area contributed by atoms with Gasteiger partial charge >= 0.3 is 0 Å². The first-order valence-corrected chi connectivity index (χ1v) is 8.59. The van der Waals surface area contributed by atoms with Gasteiger partial charge in [0.15, 0.2) is 0 Å². The molecule has 2 aliphatic heterocycles. The largest absolute Gasteiger partial charge is 0.491 e. The van der Waals surface area contributed by atoms with Crippen molar-refractivity contribution in [1.82, 2.24) is 4.90 Å². The molecule has 1 aromatic rings. The number of amides is 1. The molecule has 1 saturated heterocycles. The van der Waals surface area contributed by atoms with Gasteiger partial charge in [0.25, 0.3) is 0 Å². The van der Waals surface area contributed by atoms with E-state index in [4.69, 9.17) is 10.5 Å². The van der Waals surface area contributed by atoms with Crippen molar-refractivity contribution in [2.75, 3.05) is 13.2 Å². The minimum Gasteiger partial charge on any atom is -0.491 e. The van der Waals surface area contributed by atoms with E-state index in [0.29, 0.717) is 26.0 Å². The average Bonchev–Trinajstić information content (AvgIpc) is 2.92. The van der Waals surface area contributed by atoms with Crippen LogP contribution in [0.5, 0.6) is 5.75 Å². The van der Waals surface area contributed by atoms with E-state index in [9.17, 15) is 9.90 Å². The summed E-state index contributed by atoms with van der Waals surface area (Å²) in [6, 6.07) is 7.59.